The van der Waals surface area contributed by atoms with Crippen molar-refractivity contribution < 1.29 is 58.9 Å². The summed E-state index contributed by atoms with van der Waals surface area (Å²) in [5.41, 5.74) is 10.4. The van der Waals surface area contributed by atoms with E-state index in [0.717, 1.165) is 34.1 Å². The number of alkyl halides is 4. The Bertz CT molecular complexity index is 1970. The number of benzene rings is 3. The Labute approximate surface area is 315 Å². The van der Waals surface area contributed by atoms with E-state index in [2.05, 4.69) is 26.7 Å². The molecule has 0 radical (unpaired) electrons. The fourth-order valence-corrected chi connectivity index (χ4v) is 7.05. The molecule has 56 heavy (non-hydrogen) atoms. The van der Waals surface area contributed by atoms with Crippen LogP contribution in [0.1, 0.15) is 42.4 Å². The third kappa shape index (κ3) is 7.63. The average molecular weight is 799 g/mol. The van der Waals surface area contributed by atoms with E-state index < -0.39 is 71.2 Å². The summed E-state index contributed by atoms with van der Waals surface area (Å²) in [6.45, 7) is -3.45. The molecule has 2 heterocycles. The smallest absolute Gasteiger partial charge is 0.387 e. The van der Waals surface area contributed by atoms with Crippen molar-refractivity contribution >= 4 is 11.8 Å². The predicted molar refractivity (Wildman–Crippen MR) is 185 cm³/mol. The molecule has 6 N–H and O–H groups in total. The van der Waals surface area contributed by atoms with Crippen LogP contribution in [0.2, 0.25) is 0 Å². The van der Waals surface area contributed by atoms with Crippen LogP contribution >= 0.6 is 0 Å². The van der Waals surface area contributed by atoms with Crippen molar-refractivity contribution in [3.63, 3.8) is 0 Å². The Morgan fingerprint density at radius 1 is 0.804 bits per heavy atom. The normalized spacial score (nSPS) is 25.0. The first-order valence-corrected chi connectivity index (χ1v) is 16.9. The van der Waals surface area contributed by atoms with Crippen molar-refractivity contribution in [3.05, 3.63) is 114 Å². The van der Waals surface area contributed by atoms with Gasteiger partial charge in [-0.25, -0.2) is 8.78 Å². The predicted octanol–water partition coefficient (Wildman–Crippen LogP) is 5.72. The molecule has 5 rings (SSSR count). The van der Waals surface area contributed by atoms with E-state index in [-0.39, 0.29) is 60.5 Å². The van der Waals surface area contributed by atoms with Crippen LogP contribution in [0.15, 0.2) is 91.3 Å². The number of nitrogens with zero attached hydrogens (tertiary/aromatic N) is 2. The summed E-state index contributed by atoms with van der Waals surface area (Å²) < 4.78 is 121. The van der Waals surface area contributed by atoms with Crippen LogP contribution in [0.4, 0.5) is 35.1 Å². The molecule has 3 aromatic rings. The molecule has 2 aliphatic rings. The molecule has 2 aliphatic heterocycles. The highest BCUT2D eigenvalue weighted by Gasteiger charge is 2.72. The van der Waals surface area contributed by atoms with Crippen LogP contribution in [0, 0.1) is 5.82 Å². The van der Waals surface area contributed by atoms with Crippen molar-refractivity contribution in [3.8, 4) is 17.2 Å². The molecule has 0 aromatic heterocycles. The third-order valence-corrected chi connectivity index (χ3v) is 9.84. The molecule has 2 saturated heterocycles. The Kier molecular flexibility index (Phi) is 12.0. The molecule has 11 nitrogen and oxygen atoms in total. The molecule has 19 heteroatoms. The molecule has 4 atom stereocenters. The number of halogens is 8. The van der Waals surface area contributed by atoms with E-state index in [1.807, 2.05) is 0 Å². The summed E-state index contributed by atoms with van der Waals surface area (Å²) in [7, 11) is 2.53. The minimum Gasteiger partial charge on any atom is -0.490 e. The minimum atomic E-state index is -3.18. The zero-order valence-corrected chi connectivity index (χ0v) is 29.9. The number of allylic oxidation sites excluding steroid dienone is 1. The molecule has 2 amide bonds. The van der Waals surface area contributed by atoms with Gasteiger partial charge >= 0.3 is 13.2 Å². The maximum absolute atomic E-state index is 15.1. The lowest BCUT2D eigenvalue weighted by molar-refractivity contribution is -0.142. The molecule has 2 fully saturated rings. The molecule has 0 spiro atoms. The van der Waals surface area contributed by atoms with Gasteiger partial charge in [-0.05, 0) is 78.4 Å². The van der Waals surface area contributed by atoms with E-state index >= 15 is 4.39 Å². The Morgan fingerprint density at radius 3 is 1.86 bits per heavy atom. The molecule has 3 aromatic carbocycles. The van der Waals surface area contributed by atoms with Gasteiger partial charge < -0.3 is 24.0 Å². The third-order valence-electron chi connectivity index (χ3n) is 9.84. The maximum atomic E-state index is 15.1. The molecular formula is C37H38F8N6O5. The van der Waals surface area contributed by atoms with Crippen molar-refractivity contribution in [1.29, 1.82) is 0 Å². The van der Waals surface area contributed by atoms with E-state index in [1.165, 1.54) is 56.6 Å². The van der Waals surface area contributed by atoms with Crippen molar-refractivity contribution in [2.24, 2.45) is 11.5 Å². The Morgan fingerprint density at radius 2 is 1.32 bits per heavy atom. The fraction of sp³-hybridized carbons (Fsp3) is 0.351. The van der Waals surface area contributed by atoms with Crippen LogP contribution < -0.4 is 36.3 Å². The van der Waals surface area contributed by atoms with E-state index in [4.69, 9.17) is 16.2 Å². The minimum absolute atomic E-state index is 0.0239. The first-order chi connectivity index (χ1) is 26.3. The van der Waals surface area contributed by atoms with Gasteiger partial charge in [0.05, 0.1) is 12.4 Å². The monoisotopic (exact) mass is 798 g/mol. The molecule has 0 aliphatic carbocycles. The lowest BCUT2D eigenvalue weighted by atomic mass is 9.82. The zero-order chi connectivity index (χ0) is 41.2. The van der Waals surface area contributed by atoms with Crippen LogP contribution in [0.3, 0.4) is 0 Å². The number of carbonyl (C=O) groups excluding carboxylic acids is 2. The van der Waals surface area contributed by atoms with Gasteiger partial charge in [0.2, 0.25) is 5.91 Å². The highest BCUT2D eigenvalue weighted by atomic mass is 19.3. The molecule has 302 valence electrons. The number of rotatable bonds is 16. The van der Waals surface area contributed by atoms with E-state index in [0.29, 0.717) is 6.08 Å². The fourth-order valence-electron chi connectivity index (χ4n) is 7.05. The standard InChI is InChI=1S/C37H38F8N6O5/c1-21(38)6-4-18-34(22-8-13-25(14-9-22)55-32(42)43)30(52)50(2)36(46,48-34)37(47)49-35(31(53)51(37)3,23-10-15-26(16-11-23)56-33(44)45)24-12-17-27(39)28(20-24)54-19-5-7-29(40)41/h7-17,20,32-33,48-49H,1,4-6,18-19,46-47H2,2-3H3. The maximum Gasteiger partial charge on any atom is 0.387 e. The number of hydrogen-bond acceptors (Lipinski definition) is 9. The van der Waals surface area contributed by atoms with Gasteiger partial charge in [0.1, 0.15) is 17.0 Å². The molecular weight excluding hydrogens is 760 g/mol. The lowest BCUT2D eigenvalue weighted by Crippen LogP contribution is -2.85. The van der Waals surface area contributed by atoms with Gasteiger partial charge in [-0.1, -0.05) is 36.9 Å². The van der Waals surface area contributed by atoms with Gasteiger partial charge in [0.15, 0.2) is 28.7 Å². The Balaban J connectivity index is 1.65. The first kappa shape index (κ1) is 41.9. The van der Waals surface area contributed by atoms with Gasteiger partial charge in [-0.15, -0.1) is 0 Å². The summed E-state index contributed by atoms with van der Waals surface area (Å²) in [5, 5.41) is 6.13. The summed E-state index contributed by atoms with van der Waals surface area (Å²) in [6, 6.07) is 13.1. The van der Waals surface area contributed by atoms with E-state index in [1.54, 1.807) is 0 Å². The number of nitrogens with one attached hydrogen (secondary N) is 2. The highest BCUT2D eigenvalue weighted by molar-refractivity contribution is 5.96. The first-order valence-electron chi connectivity index (χ1n) is 16.9. The number of carbonyl (C=O) groups is 2. The number of nitrogens with two attached hydrogens (primary N) is 2. The van der Waals surface area contributed by atoms with Gasteiger partial charge in [-0.3, -0.25) is 31.7 Å². The quantitative estimate of drug-likeness (QED) is 0.106. The topological polar surface area (TPSA) is 144 Å². The largest absolute Gasteiger partial charge is 0.490 e. The lowest BCUT2D eigenvalue weighted by Gasteiger charge is -2.48. The highest BCUT2D eigenvalue weighted by Crippen LogP contribution is 2.47. The van der Waals surface area contributed by atoms with Crippen LogP contribution in [-0.4, -0.2) is 67.1 Å². The molecule has 0 bridgehead atoms. The summed E-state index contributed by atoms with van der Waals surface area (Å²) in [4.78, 5) is 31.3. The van der Waals surface area contributed by atoms with Crippen molar-refractivity contribution in [2.75, 3.05) is 20.7 Å². The summed E-state index contributed by atoms with van der Waals surface area (Å²) >= 11 is 0. The number of ether oxygens (including phenoxy) is 3. The van der Waals surface area contributed by atoms with Crippen LogP contribution in [0.25, 0.3) is 0 Å². The van der Waals surface area contributed by atoms with Gasteiger partial charge in [0, 0.05) is 20.5 Å². The second-order valence-corrected chi connectivity index (χ2v) is 13.1. The van der Waals surface area contributed by atoms with Crippen molar-refractivity contribution in [1.82, 2.24) is 20.4 Å². The Hall–Kier alpha value is -5.24. The second kappa shape index (κ2) is 16.1. The molecule has 4 unspecified atom stereocenters. The number of likely N-dealkylation sites (N-methyl/N-ethyl adjacent to an activating group) is 2. The van der Waals surface area contributed by atoms with Crippen LogP contribution in [0.5, 0.6) is 17.2 Å². The summed E-state index contributed by atoms with van der Waals surface area (Å²) in [5.74, 6) is -8.72. The van der Waals surface area contributed by atoms with Gasteiger partial charge in [0.25, 0.3) is 12.0 Å². The van der Waals surface area contributed by atoms with E-state index in [9.17, 15) is 40.3 Å². The van der Waals surface area contributed by atoms with Crippen molar-refractivity contribution in [2.45, 2.75) is 61.6 Å². The summed E-state index contributed by atoms with van der Waals surface area (Å²) in [6.07, 6.45) is -1.98. The SMILES string of the molecule is C=C(F)CCCC1(c2ccc(OC(F)F)cc2)NC(N)(C2(N)NC(c3ccc(OC(F)F)cc3)(c3ccc(F)c(OCCC=C(F)F)c3)C(=O)N2C)N(C)C1=O. The zero-order valence-electron chi connectivity index (χ0n) is 29.9. The average Bonchev–Trinajstić information content (AvgIpc) is 3.47. The molecule has 0 saturated carbocycles. The van der Waals surface area contributed by atoms with Crippen LogP contribution in [-0.2, 0) is 20.7 Å². The number of amides is 2. The van der Waals surface area contributed by atoms with Gasteiger partial charge in [-0.2, -0.15) is 26.3 Å². The second-order valence-electron chi connectivity index (χ2n) is 13.1. The number of hydrogen-bond donors (Lipinski definition) is 4.